The average molecular weight is 316 g/mol. The van der Waals surface area contributed by atoms with E-state index >= 15 is 0 Å². The van der Waals surface area contributed by atoms with Crippen molar-refractivity contribution in [2.24, 2.45) is 5.73 Å². The number of nitrogens with zero attached hydrogens (tertiary/aromatic N) is 3. The first-order chi connectivity index (χ1) is 10.9. The first-order valence-electron chi connectivity index (χ1n) is 7.54. The van der Waals surface area contributed by atoms with Crippen LogP contribution in [0.15, 0.2) is 22.7 Å². The minimum atomic E-state index is -0.548. The van der Waals surface area contributed by atoms with Gasteiger partial charge in [0.25, 0.3) is 0 Å². The van der Waals surface area contributed by atoms with E-state index in [-0.39, 0.29) is 12.6 Å². The molecule has 1 aliphatic rings. The molecular weight excluding hydrogens is 296 g/mol. The van der Waals surface area contributed by atoms with Gasteiger partial charge in [0, 0.05) is 12.1 Å². The van der Waals surface area contributed by atoms with Crippen LogP contribution < -0.4 is 10.6 Å². The molecule has 1 aromatic carbocycles. The lowest BCUT2D eigenvalue weighted by atomic mass is 10.1. The van der Waals surface area contributed by atoms with Crippen LogP contribution >= 0.6 is 0 Å². The smallest absolute Gasteiger partial charge is 0.414 e. The first-order valence-corrected chi connectivity index (χ1v) is 7.54. The molecule has 1 aliphatic heterocycles. The highest BCUT2D eigenvalue weighted by Crippen LogP contribution is 2.37. The summed E-state index contributed by atoms with van der Waals surface area (Å²) in [6.45, 7) is 6.29. The standard InChI is InChI=1S/C16H20N4O3/c1-16(2,3)22-15(21)20-8-7-10-5-4-6-11(13(10)20)14-18-12(9-17)23-19-14/h4-6H,7-9,17H2,1-3H3. The van der Waals surface area contributed by atoms with Gasteiger partial charge >= 0.3 is 6.09 Å². The van der Waals surface area contributed by atoms with Gasteiger partial charge in [-0.15, -0.1) is 0 Å². The summed E-state index contributed by atoms with van der Waals surface area (Å²) in [6.07, 6.45) is 0.399. The van der Waals surface area contributed by atoms with Gasteiger partial charge in [0.1, 0.15) is 5.60 Å². The van der Waals surface area contributed by atoms with Crippen LogP contribution in [0.4, 0.5) is 10.5 Å². The number of hydrogen-bond acceptors (Lipinski definition) is 6. The van der Waals surface area contributed by atoms with Crippen LogP contribution in [-0.2, 0) is 17.7 Å². The molecule has 0 unspecified atom stereocenters. The predicted molar refractivity (Wildman–Crippen MR) is 84.9 cm³/mol. The molecule has 0 aliphatic carbocycles. The summed E-state index contributed by atoms with van der Waals surface area (Å²) in [5.74, 6) is 0.789. The van der Waals surface area contributed by atoms with Gasteiger partial charge in [-0.05, 0) is 38.8 Å². The molecule has 1 amide bonds. The Kier molecular flexibility index (Phi) is 3.81. The van der Waals surface area contributed by atoms with Crippen molar-refractivity contribution in [3.05, 3.63) is 29.7 Å². The Morgan fingerprint density at radius 1 is 1.43 bits per heavy atom. The second-order valence-corrected chi connectivity index (χ2v) is 6.41. The summed E-state index contributed by atoms with van der Waals surface area (Å²) >= 11 is 0. The van der Waals surface area contributed by atoms with Gasteiger partial charge in [-0.1, -0.05) is 17.3 Å². The van der Waals surface area contributed by atoms with Crippen LogP contribution in [0, 0.1) is 0 Å². The third-order valence-electron chi connectivity index (χ3n) is 3.49. The molecular formula is C16H20N4O3. The zero-order chi connectivity index (χ0) is 16.6. The highest BCUT2D eigenvalue weighted by Gasteiger charge is 2.32. The van der Waals surface area contributed by atoms with Crippen molar-refractivity contribution in [3.63, 3.8) is 0 Å². The second-order valence-electron chi connectivity index (χ2n) is 6.41. The van der Waals surface area contributed by atoms with E-state index in [1.165, 1.54) is 0 Å². The van der Waals surface area contributed by atoms with Gasteiger partial charge in [0.15, 0.2) is 0 Å². The number of anilines is 1. The third-order valence-corrected chi connectivity index (χ3v) is 3.49. The molecule has 1 aromatic heterocycles. The first kappa shape index (κ1) is 15.5. The number of ether oxygens (including phenoxy) is 1. The summed E-state index contributed by atoms with van der Waals surface area (Å²) in [4.78, 5) is 18.4. The topological polar surface area (TPSA) is 94.5 Å². The number of aromatic nitrogens is 2. The lowest BCUT2D eigenvalue weighted by molar-refractivity contribution is 0.0584. The fourth-order valence-electron chi connectivity index (χ4n) is 2.58. The Labute approximate surface area is 134 Å². The van der Waals surface area contributed by atoms with Gasteiger partial charge in [-0.3, -0.25) is 4.90 Å². The van der Waals surface area contributed by atoms with E-state index in [0.717, 1.165) is 23.2 Å². The summed E-state index contributed by atoms with van der Waals surface area (Å²) < 4.78 is 10.6. The van der Waals surface area contributed by atoms with Gasteiger partial charge in [-0.2, -0.15) is 4.98 Å². The van der Waals surface area contributed by atoms with Crippen LogP contribution in [0.2, 0.25) is 0 Å². The summed E-state index contributed by atoms with van der Waals surface area (Å²) in [5, 5.41) is 3.96. The van der Waals surface area contributed by atoms with E-state index in [1.54, 1.807) is 4.90 Å². The number of rotatable bonds is 2. The van der Waals surface area contributed by atoms with Crippen LogP contribution in [0.3, 0.4) is 0 Å². The Morgan fingerprint density at radius 2 is 2.22 bits per heavy atom. The Hall–Kier alpha value is -2.41. The maximum Gasteiger partial charge on any atom is 0.414 e. The minimum Gasteiger partial charge on any atom is -0.443 e. The quantitative estimate of drug-likeness (QED) is 0.914. The second kappa shape index (κ2) is 5.66. The van der Waals surface area contributed by atoms with Crippen LogP contribution in [0.1, 0.15) is 32.2 Å². The normalized spacial score (nSPS) is 14.0. The number of amides is 1. The fourth-order valence-corrected chi connectivity index (χ4v) is 2.58. The van der Waals surface area contributed by atoms with Crippen molar-refractivity contribution in [1.82, 2.24) is 10.1 Å². The molecule has 0 saturated heterocycles. The Bertz CT molecular complexity index is 733. The largest absolute Gasteiger partial charge is 0.443 e. The minimum absolute atomic E-state index is 0.178. The van der Waals surface area contributed by atoms with Crippen molar-refractivity contribution >= 4 is 11.8 Å². The van der Waals surface area contributed by atoms with E-state index in [2.05, 4.69) is 10.1 Å². The fraction of sp³-hybridized carbons (Fsp3) is 0.438. The molecule has 0 bridgehead atoms. The van der Waals surface area contributed by atoms with Crippen LogP contribution in [-0.4, -0.2) is 28.4 Å². The van der Waals surface area contributed by atoms with Crippen molar-refractivity contribution in [2.45, 2.75) is 39.3 Å². The summed E-state index contributed by atoms with van der Waals surface area (Å²) in [7, 11) is 0. The van der Waals surface area contributed by atoms with Crippen molar-refractivity contribution in [2.75, 3.05) is 11.4 Å². The zero-order valence-corrected chi connectivity index (χ0v) is 13.5. The molecule has 122 valence electrons. The molecule has 7 heteroatoms. The molecule has 2 N–H and O–H groups in total. The van der Waals surface area contributed by atoms with E-state index < -0.39 is 5.60 Å². The van der Waals surface area contributed by atoms with Gasteiger partial charge in [0.2, 0.25) is 11.7 Å². The highest BCUT2D eigenvalue weighted by atomic mass is 16.6. The van der Waals surface area contributed by atoms with Crippen molar-refractivity contribution in [3.8, 4) is 11.4 Å². The third kappa shape index (κ3) is 3.05. The van der Waals surface area contributed by atoms with E-state index in [9.17, 15) is 4.79 Å². The van der Waals surface area contributed by atoms with E-state index in [0.29, 0.717) is 18.3 Å². The number of nitrogens with two attached hydrogens (primary N) is 1. The molecule has 7 nitrogen and oxygen atoms in total. The lowest BCUT2D eigenvalue weighted by Crippen LogP contribution is -2.36. The Balaban J connectivity index is 1.99. The molecule has 23 heavy (non-hydrogen) atoms. The van der Waals surface area contributed by atoms with Gasteiger partial charge < -0.3 is 15.0 Å². The number of fused-ring (bicyclic) bond motifs is 1. The maximum atomic E-state index is 12.5. The Morgan fingerprint density at radius 3 is 2.87 bits per heavy atom. The SMILES string of the molecule is CC(C)(C)OC(=O)N1CCc2cccc(-c3noc(CN)n3)c21. The van der Waals surface area contributed by atoms with Crippen LogP contribution in [0.25, 0.3) is 11.4 Å². The van der Waals surface area contributed by atoms with Crippen molar-refractivity contribution < 1.29 is 14.1 Å². The van der Waals surface area contributed by atoms with Gasteiger partial charge in [0.05, 0.1) is 12.2 Å². The number of para-hydroxylation sites is 1. The van der Waals surface area contributed by atoms with E-state index in [1.807, 2.05) is 39.0 Å². The van der Waals surface area contributed by atoms with E-state index in [4.69, 9.17) is 15.0 Å². The maximum absolute atomic E-state index is 12.5. The number of carbonyl (C=O) groups is 1. The zero-order valence-electron chi connectivity index (χ0n) is 13.5. The molecule has 2 aromatic rings. The van der Waals surface area contributed by atoms with Crippen LogP contribution in [0.5, 0.6) is 0 Å². The molecule has 0 atom stereocenters. The number of carbonyl (C=O) groups excluding carboxylic acids is 1. The number of hydrogen-bond donors (Lipinski definition) is 1. The molecule has 0 fully saturated rings. The molecule has 0 radical (unpaired) electrons. The highest BCUT2D eigenvalue weighted by molar-refractivity contribution is 5.96. The van der Waals surface area contributed by atoms with Gasteiger partial charge in [-0.25, -0.2) is 4.79 Å². The summed E-state index contributed by atoms with van der Waals surface area (Å²) in [6, 6.07) is 5.78. The molecule has 0 spiro atoms. The predicted octanol–water partition coefficient (Wildman–Crippen LogP) is 2.49. The molecule has 3 rings (SSSR count). The number of benzene rings is 1. The monoisotopic (exact) mass is 316 g/mol. The molecule has 0 saturated carbocycles. The molecule has 2 heterocycles. The lowest BCUT2D eigenvalue weighted by Gasteiger charge is -2.25. The van der Waals surface area contributed by atoms with Crippen molar-refractivity contribution in [1.29, 1.82) is 0 Å². The summed E-state index contributed by atoms with van der Waals surface area (Å²) in [5.41, 5.74) is 7.56. The average Bonchev–Trinajstić information content (AvgIpc) is 3.11.